The summed E-state index contributed by atoms with van der Waals surface area (Å²) in [5.41, 5.74) is 1.04. The number of nitrogen functional groups attached to an aromatic ring is 1. The van der Waals surface area contributed by atoms with Crippen LogP contribution in [-0.4, -0.2) is 99.5 Å². The monoisotopic (exact) mass is 782 g/mol. The number of rotatable bonds is 14. The lowest BCUT2D eigenvalue weighted by molar-refractivity contribution is -0.161. The van der Waals surface area contributed by atoms with Gasteiger partial charge in [0, 0.05) is 41.5 Å². The van der Waals surface area contributed by atoms with Crippen LogP contribution in [0, 0.1) is 5.41 Å². The molecule has 0 bridgehead atoms. The normalized spacial score (nSPS) is 20.2. The maximum atomic E-state index is 13.3. The van der Waals surface area contributed by atoms with Crippen molar-refractivity contribution < 1.29 is 55.6 Å². The number of benzene rings is 1. The number of carbonyl (C=O) groups is 4. The van der Waals surface area contributed by atoms with E-state index in [0.29, 0.717) is 0 Å². The highest BCUT2D eigenvalue weighted by atomic mass is 32.2. The Hall–Kier alpha value is -5.43. The number of hydrogen-bond donors (Lipinski definition) is 8. The summed E-state index contributed by atoms with van der Waals surface area (Å²) in [5.74, 6) is -4.78. The second kappa shape index (κ2) is 13.6. The van der Waals surface area contributed by atoms with Gasteiger partial charge in [-0.2, -0.15) is 8.42 Å². The summed E-state index contributed by atoms with van der Waals surface area (Å²) in [6.45, 7) is 1.50. The molecule has 1 aromatic carbocycles. The highest BCUT2D eigenvalue weighted by Gasteiger charge is 2.77. The lowest BCUT2D eigenvalue weighted by Gasteiger charge is -2.45. The number of H-pyrrole nitrogens is 1. The molecule has 2 unspecified atom stereocenters. The molecular weight excluding hydrogens is 753 g/mol. The standard InChI is InChI=1S/C28H30N8O13S3/c1-27(2,25(42)43)49-35-21(16-12-50-26(29)33-16)23(40)34-19-8-28(19)20(36(24(28)41)52(46,47)48)11-31-22(39)13-3-5-15(6-4-13)51(44,45)32-9-14-7-17(37)18(38)10-30-14/h3-7,10,12,19-20,32,38H,8-9,11H2,1-2H3,(H2,29,33)(H,30,37)(H,31,39)(H,34,40)(H,42,43)(H,46,47,48)/b35-21-/t19?,20-,28?/m1/s1. The van der Waals surface area contributed by atoms with Crippen molar-refractivity contribution in [3.63, 3.8) is 0 Å². The van der Waals surface area contributed by atoms with Gasteiger partial charge in [0.15, 0.2) is 16.6 Å². The van der Waals surface area contributed by atoms with Gasteiger partial charge in [-0.3, -0.25) is 23.7 Å². The first kappa shape index (κ1) is 37.8. The van der Waals surface area contributed by atoms with Gasteiger partial charge in [0.05, 0.1) is 22.9 Å². The number of pyridine rings is 1. The molecule has 3 atom stereocenters. The van der Waals surface area contributed by atoms with E-state index >= 15 is 0 Å². The third-order valence-corrected chi connectivity index (χ3v) is 11.2. The summed E-state index contributed by atoms with van der Waals surface area (Å²) in [5, 5.41) is 28.7. The number of nitrogens with two attached hydrogens (primary N) is 1. The van der Waals surface area contributed by atoms with Crippen LogP contribution in [0.4, 0.5) is 5.13 Å². The molecule has 3 heterocycles. The Labute approximate surface area is 297 Å². The molecule has 1 aliphatic heterocycles. The van der Waals surface area contributed by atoms with E-state index in [0.717, 1.165) is 47.9 Å². The van der Waals surface area contributed by atoms with Crippen molar-refractivity contribution in [3.8, 4) is 5.75 Å². The largest absolute Gasteiger partial charge is 0.503 e. The van der Waals surface area contributed by atoms with Crippen molar-refractivity contribution in [1.82, 2.24) is 29.6 Å². The Balaban J connectivity index is 1.27. The van der Waals surface area contributed by atoms with E-state index in [2.05, 4.69) is 30.5 Å². The van der Waals surface area contributed by atoms with Gasteiger partial charge in [-0.15, -0.1) is 11.3 Å². The van der Waals surface area contributed by atoms with Crippen molar-refractivity contribution in [1.29, 1.82) is 0 Å². The summed E-state index contributed by atoms with van der Waals surface area (Å²) in [6, 6.07) is 3.16. The van der Waals surface area contributed by atoms with Crippen LogP contribution in [0.2, 0.25) is 0 Å². The number of aromatic amines is 1. The lowest BCUT2D eigenvalue weighted by Crippen LogP contribution is -2.69. The average Bonchev–Trinajstić information content (AvgIpc) is 3.66. The number of sulfonamides is 1. The molecule has 3 amide bonds. The summed E-state index contributed by atoms with van der Waals surface area (Å²) in [6.07, 6.45) is 0.889. The fourth-order valence-corrected chi connectivity index (χ4v) is 7.71. The van der Waals surface area contributed by atoms with Crippen LogP contribution in [0.1, 0.15) is 42.0 Å². The first-order chi connectivity index (χ1) is 24.2. The Bertz CT molecular complexity index is 2270. The van der Waals surface area contributed by atoms with E-state index in [-0.39, 0.29) is 44.2 Å². The molecule has 0 radical (unpaired) electrons. The summed E-state index contributed by atoms with van der Waals surface area (Å²) in [7, 11) is -9.24. The molecule has 1 saturated heterocycles. The third-order valence-electron chi connectivity index (χ3n) is 8.18. The second-order valence-electron chi connectivity index (χ2n) is 12.0. The fourth-order valence-electron chi connectivity index (χ4n) is 5.19. The Morgan fingerprint density at radius 2 is 1.87 bits per heavy atom. The molecule has 1 saturated carbocycles. The number of carboxylic acids is 1. The lowest BCUT2D eigenvalue weighted by atomic mass is 9.85. The van der Waals surface area contributed by atoms with Crippen LogP contribution in [0.25, 0.3) is 0 Å². The van der Waals surface area contributed by atoms with E-state index < -0.39 is 90.6 Å². The SMILES string of the molecule is CC(C)(O/N=C(\C(=O)NC1CC12C(=O)N(S(=O)(=O)O)[C@@H]2CNC(=O)c1ccc(S(=O)(=O)NCc2cc(=O)c(O)c[nH]2)cc1)c1csc(N)n1)C(=O)O. The number of aromatic nitrogens is 2. The quantitative estimate of drug-likeness (QED) is 0.0399. The van der Waals surface area contributed by atoms with Gasteiger partial charge < -0.3 is 36.4 Å². The van der Waals surface area contributed by atoms with E-state index in [1.165, 1.54) is 19.2 Å². The van der Waals surface area contributed by atoms with E-state index in [1.807, 2.05) is 0 Å². The van der Waals surface area contributed by atoms with Gasteiger partial charge >= 0.3 is 16.3 Å². The first-order valence-electron chi connectivity index (χ1n) is 14.8. The summed E-state index contributed by atoms with van der Waals surface area (Å²) >= 11 is 0.943. The zero-order valence-electron chi connectivity index (χ0n) is 26.9. The van der Waals surface area contributed by atoms with Crippen molar-refractivity contribution >= 4 is 66.2 Å². The number of carbonyl (C=O) groups excluding carboxylic acids is 3. The van der Waals surface area contributed by atoms with Gasteiger partial charge in [-0.1, -0.05) is 5.16 Å². The maximum absolute atomic E-state index is 13.3. The molecule has 2 fully saturated rings. The minimum Gasteiger partial charge on any atom is -0.503 e. The van der Waals surface area contributed by atoms with Crippen molar-refractivity contribution in [2.24, 2.45) is 10.6 Å². The first-order valence-corrected chi connectivity index (χ1v) is 18.5. The van der Waals surface area contributed by atoms with Crippen LogP contribution in [0.15, 0.2) is 56.8 Å². The molecule has 5 rings (SSSR count). The highest BCUT2D eigenvalue weighted by Crippen LogP contribution is 2.59. The number of aromatic hydroxyl groups is 1. The molecule has 52 heavy (non-hydrogen) atoms. The molecule has 2 aromatic heterocycles. The Kier molecular flexibility index (Phi) is 9.89. The molecule has 9 N–H and O–H groups in total. The number of amides is 3. The molecular formula is C28H30N8O13S3. The Morgan fingerprint density at radius 3 is 2.44 bits per heavy atom. The topological polar surface area (TPSA) is 330 Å². The minimum atomic E-state index is -5.11. The molecule has 3 aromatic rings. The molecule has 1 aliphatic carbocycles. The van der Waals surface area contributed by atoms with Gasteiger partial charge in [0.2, 0.25) is 27.0 Å². The number of hydrogen-bond acceptors (Lipinski definition) is 15. The van der Waals surface area contributed by atoms with Crippen molar-refractivity contribution in [3.05, 3.63) is 69.1 Å². The number of carboxylic acid groups (broad SMARTS) is 1. The maximum Gasteiger partial charge on any atom is 0.362 e. The van der Waals surface area contributed by atoms with Crippen LogP contribution >= 0.6 is 11.3 Å². The van der Waals surface area contributed by atoms with Crippen LogP contribution in [0.3, 0.4) is 0 Å². The second-order valence-corrected chi connectivity index (χ2v) is 16.0. The van der Waals surface area contributed by atoms with Crippen LogP contribution in [-0.2, 0) is 46.1 Å². The number of oxime groups is 1. The number of thiazole rings is 1. The minimum absolute atomic E-state index is 0.0434. The zero-order chi connectivity index (χ0) is 38.4. The summed E-state index contributed by atoms with van der Waals surface area (Å²) in [4.78, 5) is 73.8. The van der Waals surface area contributed by atoms with Crippen molar-refractivity contribution in [2.45, 2.75) is 49.4 Å². The van der Waals surface area contributed by atoms with Crippen LogP contribution < -0.4 is 26.5 Å². The number of anilines is 1. The predicted octanol–water partition coefficient (Wildman–Crippen LogP) is -1.50. The molecule has 278 valence electrons. The summed E-state index contributed by atoms with van der Waals surface area (Å²) < 4.78 is 61.8. The predicted molar refractivity (Wildman–Crippen MR) is 179 cm³/mol. The fraction of sp³-hybridized carbons (Fsp3) is 0.321. The van der Waals surface area contributed by atoms with Gasteiger partial charge in [-0.25, -0.2) is 27.2 Å². The molecule has 21 nitrogen and oxygen atoms in total. The highest BCUT2D eigenvalue weighted by molar-refractivity contribution is 7.89. The average molecular weight is 783 g/mol. The number of nitrogens with zero attached hydrogens (tertiary/aromatic N) is 3. The zero-order valence-corrected chi connectivity index (χ0v) is 29.3. The molecule has 2 aliphatic rings. The van der Waals surface area contributed by atoms with Gasteiger partial charge in [0.25, 0.3) is 11.8 Å². The number of aliphatic carboxylic acids is 1. The number of β-lactam (4-membered cyclic amide) rings is 1. The number of nitrogens with one attached hydrogen (secondary N) is 4. The van der Waals surface area contributed by atoms with Gasteiger partial charge in [0.1, 0.15) is 5.69 Å². The van der Waals surface area contributed by atoms with E-state index in [4.69, 9.17) is 10.6 Å². The third kappa shape index (κ3) is 7.45. The van der Waals surface area contributed by atoms with Crippen LogP contribution in [0.5, 0.6) is 5.75 Å². The molecule has 24 heteroatoms. The Morgan fingerprint density at radius 1 is 1.19 bits per heavy atom. The van der Waals surface area contributed by atoms with E-state index in [1.54, 1.807) is 0 Å². The van der Waals surface area contributed by atoms with E-state index in [9.17, 15) is 55.6 Å². The molecule has 1 spiro atoms. The smallest absolute Gasteiger partial charge is 0.362 e. The van der Waals surface area contributed by atoms with Crippen molar-refractivity contribution in [2.75, 3.05) is 12.3 Å². The van der Waals surface area contributed by atoms with Gasteiger partial charge in [-0.05, 0) is 44.5 Å².